The molecule has 0 unspecified atom stereocenters. The maximum Gasteiger partial charge on any atom is 0.137 e. The van der Waals surface area contributed by atoms with Gasteiger partial charge in [-0.2, -0.15) is 0 Å². The van der Waals surface area contributed by atoms with Crippen molar-refractivity contribution < 1.29 is 4.79 Å². The molecule has 0 radical (unpaired) electrons. The molecule has 3 fully saturated rings. The molecule has 3 saturated carbocycles. The van der Waals surface area contributed by atoms with Gasteiger partial charge >= 0.3 is 0 Å². The van der Waals surface area contributed by atoms with E-state index in [1.807, 2.05) is 0 Å². The fraction of sp³-hybridized carbons (Fsp3) is 0.933. The van der Waals surface area contributed by atoms with Crippen molar-refractivity contribution in [1.29, 1.82) is 0 Å². The zero-order valence-corrected chi connectivity index (χ0v) is 11.1. The van der Waals surface area contributed by atoms with Crippen LogP contribution in [0, 0.1) is 28.1 Å². The summed E-state index contributed by atoms with van der Waals surface area (Å²) in [5, 5.41) is 0. The van der Waals surface area contributed by atoms with Gasteiger partial charge in [-0.3, -0.25) is 4.79 Å². The summed E-state index contributed by atoms with van der Waals surface area (Å²) in [4.78, 5) is 12.4. The Labute approximate surface area is 99.0 Å². The topological polar surface area (TPSA) is 17.1 Å². The van der Waals surface area contributed by atoms with Crippen LogP contribution < -0.4 is 0 Å². The van der Waals surface area contributed by atoms with Crippen LogP contribution in [0.2, 0.25) is 0 Å². The summed E-state index contributed by atoms with van der Waals surface area (Å²) in [7, 11) is 0. The molecule has 1 nitrogen and oxygen atoms in total. The normalized spacial score (nSPS) is 48.1. The maximum atomic E-state index is 12.4. The van der Waals surface area contributed by atoms with Gasteiger partial charge in [0, 0.05) is 12.3 Å². The molecule has 0 heterocycles. The Balaban J connectivity index is 2.14. The lowest BCUT2D eigenvalue weighted by Gasteiger charge is -2.54. The number of carbonyl (C=O) groups excluding carboxylic acids is 1. The molecule has 16 heavy (non-hydrogen) atoms. The van der Waals surface area contributed by atoms with E-state index in [4.69, 9.17) is 0 Å². The smallest absolute Gasteiger partial charge is 0.137 e. The van der Waals surface area contributed by atoms with Gasteiger partial charge in [0.25, 0.3) is 0 Å². The molecule has 0 N–H and O–H groups in total. The van der Waals surface area contributed by atoms with Gasteiger partial charge in [-0.15, -0.1) is 0 Å². The molecule has 0 aromatic rings. The number of fused-ring (bicyclic) bond motifs is 1. The van der Waals surface area contributed by atoms with Gasteiger partial charge in [0.2, 0.25) is 0 Å². The zero-order chi connectivity index (χ0) is 11.8. The van der Waals surface area contributed by atoms with E-state index in [1.165, 1.54) is 19.3 Å². The monoisotopic (exact) mass is 220 g/mol. The fourth-order valence-electron chi connectivity index (χ4n) is 5.48. The van der Waals surface area contributed by atoms with Gasteiger partial charge < -0.3 is 0 Å². The van der Waals surface area contributed by atoms with E-state index in [9.17, 15) is 4.79 Å². The summed E-state index contributed by atoms with van der Waals surface area (Å²) in [6.45, 7) is 9.53. The van der Waals surface area contributed by atoms with Crippen LogP contribution in [-0.4, -0.2) is 5.78 Å². The van der Waals surface area contributed by atoms with Gasteiger partial charge in [-0.05, 0) is 47.8 Å². The van der Waals surface area contributed by atoms with E-state index in [0.717, 1.165) is 18.8 Å². The number of rotatable bonds is 0. The maximum absolute atomic E-state index is 12.4. The van der Waals surface area contributed by atoms with Gasteiger partial charge in [0.1, 0.15) is 5.78 Å². The van der Waals surface area contributed by atoms with E-state index in [-0.39, 0.29) is 5.41 Å². The third kappa shape index (κ3) is 0.966. The molecule has 0 aromatic heterocycles. The highest BCUT2D eigenvalue weighted by Gasteiger charge is 2.69. The number of hydrogen-bond acceptors (Lipinski definition) is 1. The number of Topliss-reactive ketones (excluding diaryl/α,β-unsaturated/α-hetero) is 1. The molecule has 1 spiro atoms. The van der Waals surface area contributed by atoms with E-state index >= 15 is 0 Å². The van der Waals surface area contributed by atoms with Gasteiger partial charge in [-0.1, -0.05) is 27.7 Å². The van der Waals surface area contributed by atoms with Crippen LogP contribution in [-0.2, 0) is 4.79 Å². The molecule has 0 aromatic carbocycles. The first-order valence-corrected chi connectivity index (χ1v) is 6.84. The third-order valence-electron chi connectivity index (χ3n) is 6.56. The van der Waals surface area contributed by atoms with E-state index < -0.39 is 0 Å². The van der Waals surface area contributed by atoms with Crippen LogP contribution in [0.25, 0.3) is 0 Å². The van der Waals surface area contributed by atoms with Gasteiger partial charge in [0.05, 0.1) is 0 Å². The van der Waals surface area contributed by atoms with Gasteiger partial charge in [0.15, 0.2) is 0 Å². The van der Waals surface area contributed by atoms with Crippen molar-refractivity contribution >= 4 is 5.78 Å². The molecule has 0 amide bonds. The fourth-order valence-corrected chi connectivity index (χ4v) is 5.48. The molecular formula is C15H24O. The molecule has 90 valence electrons. The van der Waals surface area contributed by atoms with Crippen LogP contribution in [0.4, 0.5) is 0 Å². The lowest BCUT2D eigenvalue weighted by Crippen LogP contribution is -2.52. The summed E-state index contributed by atoms with van der Waals surface area (Å²) in [6, 6.07) is 0. The SMILES string of the molecule is CC1(C)[C@@H]2CC[C@]3(C2)[C@H]1C(=O)CCC3(C)C. The second kappa shape index (κ2) is 2.73. The average Bonchev–Trinajstić information content (AvgIpc) is 2.67. The van der Waals surface area contributed by atoms with E-state index in [1.54, 1.807) is 0 Å². The van der Waals surface area contributed by atoms with Crippen LogP contribution in [0.1, 0.15) is 59.8 Å². The summed E-state index contributed by atoms with van der Waals surface area (Å²) < 4.78 is 0. The summed E-state index contributed by atoms with van der Waals surface area (Å²) in [5.74, 6) is 1.74. The van der Waals surface area contributed by atoms with Crippen molar-refractivity contribution in [3.8, 4) is 0 Å². The highest BCUT2D eigenvalue weighted by molar-refractivity contribution is 5.84. The van der Waals surface area contributed by atoms with Crippen LogP contribution in [0.5, 0.6) is 0 Å². The Morgan fingerprint density at radius 2 is 1.81 bits per heavy atom. The minimum atomic E-state index is 0.271. The lowest BCUT2D eigenvalue weighted by molar-refractivity contribution is -0.146. The predicted octanol–water partition coefficient (Wildman–Crippen LogP) is 3.82. The van der Waals surface area contributed by atoms with Crippen molar-refractivity contribution in [2.45, 2.75) is 59.8 Å². The molecule has 3 rings (SSSR count). The van der Waals surface area contributed by atoms with E-state index in [0.29, 0.717) is 22.5 Å². The Hall–Kier alpha value is -0.330. The number of carbonyl (C=O) groups is 1. The van der Waals surface area contributed by atoms with E-state index in [2.05, 4.69) is 27.7 Å². The molecule has 3 aliphatic carbocycles. The Morgan fingerprint density at radius 3 is 2.44 bits per heavy atom. The van der Waals surface area contributed by atoms with Crippen LogP contribution in [0.15, 0.2) is 0 Å². The Kier molecular flexibility index (Phi) is 1.85. The molecule has 2 bridgehead atoms. The first kappa shape index (κ1) is 10.8. The van der Waals surface area contributed by atoms with Crippen molar-refractivity contribution in [2.75, 3.05) is 0 Å². The molecule has 0 aliphatic heterocycles. The summed E-state index contributed by atoms with van der Waals surface area (Å²) in [6.07, 6.45) is 5.94. The Morgan fingerprint density at radius 1 is 1.12 bits per heavy atom. The van der Waals surface area contributed by atoms with Crippen molar-refractivity contribution in [3.05, 3.63) is 0 Å². The lowest BCUT2D eigenvalue weighted by atomic mass is 9.49. The second-order valence-electron chi connectivity index (χ2n) is 7.70. The number of ketones is 1. The second-order valence-corrected chi connectivity index (χ2v) is 7.70. The summed E-state index contributed by atoms with van der Waals surface area (Å²) in [5.41, 5.74) is 1.01. The van der Waals surface area contributed by atoms with Crippen molar-refractivity contribution in [3.63, 3.8) is 0 Å². The molecule has 3 aliphatic rings. The molecule has 0 saturated heterocycles. The first-order chi connectivity index (χ1) is 7.31. The quantitative estimate of drug-likeness (QED) is 0.606. The van der Waals surface area contributed by atoms with Crippen molar-refractivity contribution in [1.82, 2.24) is 0 Å². The highest BCUT2D eigenvalue weighted by atomic mass is 16.1. The zero-order valence-electron chi connectivity index (χ0n) is 11.1. The Bertz CT molecular complexity index is 352. The van der Waals surface area contributed by atoms with Crippen LogP contribution >= 0.6 is 0 Å². The predicted molar refractivity (Wildman–Crippen MR) is 65.1 cm³/mol. The third-order valence-corrected chi connectivity index (χ3v) is 6.56. The standard InChI is InChI=1S/C15H24O/c1-13(2)7-6-11(16)12-14(3,4)10-5-8-15(12,13)9-10/h10,12H,5-9H2,1-4H3/t10-,12+,15+/m1/s1. The highest BCUT2D eigenvalue weighted by Crippen LogP contribution is 2.74. The van der Waals surface area contributed by atoms with Crippen LogP contribution in [0.3, 0.4) is 0 Å². The van der Waals surface area contributed by atoms with Gasteiger partial charge in [-0.25, -0.2) is 0 Å². The minimum absolute atomic E-state index is 0.271. The summed E-state index contributed by atoms with van der Waals surface area (Å²) >= 11 is 0. The largest absolute Gasteiger partial charge is 0.299 e. The minimum Gasteiger partial charge on any atom is -0.299 e. The molecular weight excluding hydrogens is 196 g/mol. The first-order valence-electron chi connectivity index (χ1n) is 6.84. The average molecular weight is 220 g/mol. The van der Waals surface area contributed by atoms with Crippen molar-refractivity contribution in [2.24, 2.45) is 28.1 Å². The molecule has 1 heteroatoms. The number of hydrogen-bond donors (Lipinski definition) is 0. The molecule has 3 atom stereocenters.